The van der Waals surface area contributed by atoms with E-state index in [1.54, 1.807) is 0 Å². The van der Waals surface area contributed by atoms with E-state index in [9.17, 15) is 9.59 Å². The average Bonchev–Trinajstić information content (AvgIpc) is 2.49. The van der Waals surface area contributed by atoms with Crippen molar-refractivity contribution in [2.45, 2.75) is 83.5 Å². The van der Waals surface area contributed by atoms with Gasteiger partial charge in [0, 0.05) is 0 Å². The lowest BCUT2D eigenvalue weighted by atomic mass is 10.0. The van der Waals surface area contributed by atoms with Crippen molar-refractivity contribution in [1.82, 2.24) is 0 Å². The van der Waals surface area contributed by atoms with Gasteiger partial charge < -0.3 is 19.7 Å². The predicted molar refractivity (Wildman–Crippen MR) is 88.0 cm³/mol. The summed E-state index contributed by atoms with van der Waals surface area (Å²) in [6.07, 6.45) is 12.5. The van der Waals surface area contributed by atoms with E-state index in [1.807, 2.05) is 0 Å². The summed E-state index contributed by atoms with van der Waals surface area (Å²) >= 11 is 0. The number of carboxylic acid groups (broad SMARTS) is 2. The Bertz CT molecular complexity index is 265. The van der Waals surface area contributed by atoms with Gasteiger partial charge in [-0.05, 0) is 12.8 Å². The van der Waals surface area contributed by atoms with Crippen LogP contribution in [0.2, 0.25) is 0 Å². The molecule has 0 spiro atoms. The highest BCUT2D eigenvalue weighted by Gasteiger charge is 1.97. The van der Waals surface area contributed by atoms with Gasteiger partial charge in [0.1, 0.15) is 0 Å². The molecule has 0 saturated heterocycles. The minimum absolute atomic E-state index is 0.317. The summed E-state index contributed by atoms with van der Waals surface area (Å²) in [5, 5.41) is 16.6. The number of carbonyl (C=O) groups is 2. The van der Waals surface area contributed by atoms with Crippen molar-refractivity contribution in [2.24, 2.45) is 0 Å². The summed E-state index contributed by atoms with van der Waals surface area (Å²) in [7, 11) is 0. The molecule has 6 nitrogen and oxygen atoms in total. The minimum Gasteiger partial charge on any atom is -0.450 e. The Morgan fingerprint density at radius 3 is 0.913 bits per heavy atom. The quantitative estimate of drug-likeness (QED) is 0.288. The molecule has 0 amide bonds. The molecule has 2 N–H and O–H groups in total. The van der Waals surface area contributed by atoms with Gasteiger partial charge in [0.2, 0.25) is 0 Å². The van der Waals surface area contributed by atoms with Gasteiger partial charge in [-0.2, -0.15) is 0 Å². The fraction of sp³-hybridized carbons (Fsp3) is 0.882. The van der Waals surface area contributed by atoms with Crippen LogP contribution in [0.15, 0.2) is 0 Å². The van der Waals surface area contributed by atoms with Crippen molar-refractivity contribution in [3.05, 3.63) is 0 Å². The summed E-state index contributed by atoms with van der Waals surface area (Å²) < 4.78 is 8.90. The van der Waals surface area contributed by atoms with Crippen LogP contribution >= 0.6 is 0 Å². The van der Waals surface area contributed by atoms with Crippen LogP contribution < -0.4 is 0 Å². The first kappa shape index (κ1) is 21.5. The minimum atomic E-state index is -1.18. The molecule has 0 rings (SSSR count). The molecule has 0 aromatic heterocycles. The number of hydrogen-bond acceptors (Lipinski definition) is 4. The maximum absolute atomic E-state index is 10.1. The second kappa shape index (κ2) is 16.9. The lowest BCUT2D eigenvalue weighted by Crippen LogP contribution is -2.01. The maximum Gasteiger partial charge on any atom is 0.505 e. The van der Waals surface area contributed by atoms with E-state index < -0.39 is 12.3 Å². The zero-order valence-electron chi connectivity index (χ0n) is 14.1. The van der Waals surface area contributed by atoms with E-state index in [4.69, 9.17) is 10.2 Å². The highest BCUT2D eigenvalue weighted by molar-refractivity contribution is 5.56. The van der Waals surface area contributed by atoms with Crippen molar-refractivity contribution in [2.75, 3.05) is 13.2 Å². The Morgan fingerprint density at radius 1 is 0.478 bits per heavy atom. The van der Waals surface area contributed by atoms with Crippen LogP contribution in [0.1, 0.15) is 83.5 Å². The first-order chi connectivity index (χ1) is 11.1. The zero-order valence-corrected chi connectivity index (χ0v) is 14.1. The molecule has 0 unspecified atom stereocenters. The van der Waals surface area contributed by atoms with Gasteiger partial charge in [0.05, 0.1) is 13.2 Å². The molecule has 23 heavy (non-hydrogen) atoms. The fourth-order valence-electron chi connectivity index (χ4n) is 2.47. The van der Waals surface area contributed by atoms with Gasteiger partial charge in [-0.15, -0.1) is 0 Å². The first-order valence-electron chi connectivity index (χ1n) is 8.84. The molecule has 0 heterocycles. The largest absolute Gasteiger partial charge is 0.505 e. The van der Waals surface area contributed by atoms with Crippen LogP contribution in [0.4, 0.5) is 9.59 Å². The number of hydrogen-bond donors (Lipinski definition) is 2. The summed E-state index contributed by atoms with van der Waals surface area (Å²) in [6.45, 7) is 0.634. The monoisotopic (exact) mass is 332 g/mol. The second-order valence-corrected chi connectivity index (χ2v) is 5.82. The summed E-state index contributed by atoms with van der Waals surface area (Å²) in [5.74, 6) is 0. The highest BCUT2D eigenvalue weighted by atomic mass is 16.7. The molecule has 136 valence electrons. The molecule has 0 aliphatic carbocycles. The molecule has 0 saturated carbocycles. The molecule has 0 bridgehead atoms. The topological polar surface area (TPSA) is 93.1 Å². The smallest absolute Gasteiger partial charge is 0.450 e. The number of unbranched alkanes of at least 4 members (excludes halogenated alkanes) is 12. The Morgan fingerprint density at radius 2 is 0.696 bits per heavy atom. The van der Waals surface area contributed by atoms with Crippen molar-refractivity contribution >= 4 is 12.3 Å². The van der Waals surface area contributed by atoms with Gasteiger partial charge in [0.15, 0.2) is 0 Å². The van der Waals surface area contributed by atoms with E-state index in [2.05, 4.69) is 9.47 Å². The second-order valence-electron chi connectivity index (χ2n) is 5.82. The van der Waals surface area contributed by atoms with Crippen LogP contribution in [-0.4, -0.2) is 35.7 Å². The van der Waals surface area contributed by atoms with Gasteiger partial charge in [-0.3, -0.25) is 0 Å². The Labute approximate surface area is 139 Å². The third-order valence-electron chi connectivity index (χ3n) is 3.74. The molecule has 0 atom stereocenters. The third-order valence-corrected chi connectivity index (χ3v) is 3.74. The molecule has 0 aliphatic heterocycles. The molecule has 0 radical (unpaired) electrons. The number of ether oxygens (including phenoxy) is 2. The fourth-order valence-corrected chi connectivity index (χ4v) is 2.47. The summed E-state index contributed by atoms with van der Waals surface area (Å²) in [4.78, 5) is 20.2. The zero-order chi connectivity index (χ0) is 17.2. The van der Waals surface area contributed by atoms with Crippen molar-refractivity contribution in [3.63, 3.8) is 0 Å². The third kappa shape index (κ3) is 20.5. The van der Waals surface area contributed by atoms with Gasteiger partial charge in [-0.25, -0.2) is 9.59 Å². The number of rotatable bonds is 16. The first-order valence-corrected chi connectivity index (χ1v) is 8.84. The normalized spacial score (nSPS) is 10.4. The highest BCUT2D eigenvalue weighted by Crippen LogP contribution is 2.12. The molecule has 6 heteroatoms. The Hall–Kier alpha value is -1.46. The molecule has 0 aliphatic rings. The maximum atomic E-state index is 10.1. The lowest BCUT2D eigenvalue weighted by Gasteiger charge is -2.03. The predicted octanol–water partition coefficient (Wildman–Crippen LogP) is 5.45. The van der Waals surface area contributed by atoms with Gasteiger partial charge in [0.25, 0.3) is 0 Å². The van der Waals surface area contributed by atoms with Crippen LogP contribution in [0.5, 0.6) is 0 Å². The average molecular weight is 332 g/mol. The standard InChI is InChI=1S/C17H32O6/c18-16(19)22-14-12-10-8-6-4-2-1-3-5-7-9-11-13-15-23-17(20)21/h1-15H2,(H,18,19)(H,20,21). The molecule has 0 fully saturated rings. The molecule has 0 aromatic carbocycles. The van der Waals surface area contributed by atoms with Crippen molar-refractivity contribution in [1.29, 1.82) is 0 Å². The van der Waals surface area contributed by atoms with Gasteiger partial charge >= 0.3 is 12.3 Å². The Kier molecular flexibility index (Phi) is 15.8. The van der Waals surface area contributed by atoms with E-state index in [1.165, 1.54) is 44.9 Å². The van der Waals surface area contributed by atoms with E-state index in [-0.39, 0.29) is 0 Å². The van der Waals surface area contributed by atoms with Crippen LogP contribution in [0, 0.1) is 0 Å². The van der Waals surface area contributed by atoms with Crippen LogP contribution in [-0.2, 0) is 9.47 Å². The van der Waals surface area contributed by atoms with E-state index >= 15 is 0 Å². The summed E-state index contributed by atoms with van der Waals surface area (Å²) in [5.41, 5.74) is 0. The summed E-state index contributed by atoms with van der Waals surface area (Å²) in [6, 6.07) is 0. The van der Waals surface area contributed by atoms with E-state index in [0.29, 0.717) is 13.2 Å². The lowest BCUT2D eigenvalue weighted by molar-refractivity contribution is 0.0887. The Balaban J connectivity index is 3.00. The van der Waals surface area contributed by atoms with Crippen LogP contribution in [0.25, 0.3) is 0 Å². The van der Waals surface area contributed by atoms with Gasteiger partial charge in [-0.1, -0.05) is 70.6 Å². The van der Waals surface area contributed by atoms with Crippen molar-refractivity contribution in [3.8, 4) is 0 Å². The van der Waals surface area contributed by atoms with E-state index in [0.717, 1.165) is 38.5 Å². The van der Waals surface area contributed by atoms with Crippen molar-refractivity contribution < 1.29 is 29.3 Å². The molecular weight excluding hydrogens is 300 g/mol. The van der Waals surface area contributed by atoms with Crippen LogP contribution in [0.3, 0.4) is 0 Å². The molecular formula is C17H32O6. The SMILES string of the molecule is O=C(O)OCCCCCCCCCCCCCCCOC(=O)O. The molecule has 0 aromatic rings.